The van der Waals surface area contributed by atoms with Crippen molar-refractivity contribution in [3.63, 3.8) is 0 Å². The van der Waals surface area contributed by atoms with Gasteiger partial charge in [-0.25, -0.2) is 0 Å². The van der Waals surface area contributed by atoms with Crippen LogP contribution in [0.15, 0.2) is 0 Å². The van der Waals surface area contributed by atoms with Crippen molar-refractivity contribution in [2.45, 2.75) is 32.0 Å². The standard InChI is InChI=1S/C13H24F3N3/c1-11(8-17-12-2-3-12)9-18-4-6-19(7-5-18)10-13(14,15)16/h11-12,17H,2-10H2,1H3. The van der Waals surface area contributed by atoms with Crippen LogP contribution in [0.3, 0.4) is 0 Å². The molecule has 3 nitrogen and oxygen atoms in total. The first kappa shape index (κ1) is 15.1. The second-order valence-corrected chi connectivity index (χ2v) is 5.98. The van der Waals surface area contributed by atoms with Crippen molar-refractivity contribution in [3.05, 3.63) is 0 Å². The molecule has 6 heteroatoms. The largest absolute Gasteiger partial charge is 0.401 e. The molecule has 1 atom stereocenters. The maximum atomic E-state index is 12.3. The molecule has 1 heterocycles. The lowest BCUT2D eigenvalue weighted by molar-refractivity contribution is -0.149. The molecule has 2 rings (SSSR count). The van der Waals surface area contributed by atoms with E-state index in [2.05, 4.69) is 17.1 Å². The van der Waals surface area contributed by atoms with Crippen molar-refractivity contribution < 1.29 is 13.2 Å². The third-order valence-electron chi connectivity index (χ3n) is 3.77. The molecule has 1 saturated heterocycles. The highest BCUT2D eigenvalue weighted by Crippen LogP contribution is 2.19. The number of piperazine rings is 1. The summed E-state index contributed by atoms with van der Waals surface area (Å²) in [5.74, 6) is 0.565. The number of alkyl halides is 3. The molecule has 0 bridgehead atoms. The lowest BCUT2D eigenvalue weighted by atomic mass is 10.1. The maximum Gasteiger partial charge on any atom is 0.401 e. The van der Waals surface area contributed by atoms with Gasteiger partial charge in [-0.1, -0.05) is 6.92 Å². The highest BCUT2D eigenvalue weighted by Gasteiger charge is 2.32. The summed E-state index contributed by atoms with van der Waals surface area (Å²) in [4.78, 5) is 3.79. The predicted octanol–water partition coefficient (Wildman–Crippen LogP) is 1.55. The van der Waals surface area contributed by atoms with Crippen LogP contribution in [0.5, 0.6) is 0 Å². The van der Waals surface area contributed by atoms with E-state index in [9.17, 15) is 13.2 Å². The fourth-order valence-electron chi connectivity index (χ4n) is 2.54. The Hall–Kier alpha value is -0.330. The average molecular weight is 279 g/mol. The molecule has 0 aromatic rings. The summed E-state index contributed by atoms with van der Waals surface area (Å²) in [6.07, 6.45) is -1.48. The van der Waals surface area contributed by atoms with Gasteiger partial charge >= 0.3 is 6.18 Å². The Morgan fingerprint density at radius 2 is 1.68 bits per heavy atom. The highest BCUT2D eigenvalue weighted by atomic mass is 19.4. The minimum absolute atomic E-state index is 0.530. The molecule has 1 unspecified atom stereocenters. The molecule has 0 amide bonds. The van der Waals surface area contributed by atoms with Gasteiger partial charge < -0.3 is 10.2 Å². The number of rotatable bonds is 6. The van der Waals surface area contributed by atoms with Gasteiger partial charge in [-0.15, -0.1) is 0 Å². The molecule has 0 radical (unpaired) electrons. The lowest BCUT2D eigenvalue weighted by Gasteiger charge is -2.36. The van der Waals surface area contributed by atoms with Gasteiger partial charge in [-0.3, -0.25) is 4.90 Å². The summed E-state index contributed by atoms with van der Waals surface area (Å²) in [6, 6.07) is 0.728. The number of hydrogen-bond acceptors (Lipinski definition) is 3. The van der Waals surface area contributed by atoms with Crippen molar-refractivity contribution in [3.8, 4) is 0 Å². The molecule has 0 spiro atoms. The molecule has 2 aliphatic rings. The summed E-state index contributed by atoms with van der Waals surface area (Å²) >= 11 is 0. The number of nitrogens with zero attached hydrogens (tertiary/aromatic N) is 2. The van der Waals surface area contributed by atoms with E-state index in [0.717, 1.165) is 32.2 Å². The zero-order valence-corrected chi connectivity index (χ0v) is 11.5. The lowest BCUT2D eigenvalue weighted by Crippen LogP contribution is -2.50. The van der Waals surface area contributed by atoms with E-state index < -0.39 is 12.7 Å². The summed E-state index contributed by atoms with van der Waals surface area (Å²) < 4.78 is 36.8. The third kappa shape index (κ3) is 6.10. The fraction of sp³-hybridized carbons (Fsp3) is 1.00. The van der Waals surface area contributed by atoms with Crippen molar-refractivity contribution in [1.82, 2.24) is 15.1 Å². The molecule has 2 fully saturated rings. The molecular formula is C13H24F3N3. The molecule has 112 valence electrons. The summed E-state index contributed by atoms with van der Waals surface area (Å²) in [7, 11) is 0. The zero-order chi connectivity index (χ0) is 13.9. The van der Waals surface area contributed by atoms with Gasteiger partial charge in [0.2, 0.25) is 0 Å². The van der Waals surface area contributed by atoms with Gasteiger partial charge in [0.15, 0.2) is 0 Å². The molecule has 1 N–H and O–H groups in total. The van der Waals surface area contributed by atoms with Crippen LogP contribution in [0.1, 0.15) is 19.8 Å². The van der Waals surface area contributed by atoms with Crippen LogP contribution in [0.4, 0.5) is 13.2 Å². The summed E-state index contributed by atoms with van der Waals surface area (Å²) in [6.45, 7) is 6.02. The predicted molar refractivity (Wildman–Crippen MR) is 69.1 cm³/mol. The van der Waals surface area contributed by atoms with Gasteiger partial charge in [-0.2, -0.15) is 13.2 Å². The number of hydrogen-bond donors (Lipinski definition) is 1. The molecule has 1 saturated carbocycles. The Labute approximate surface area is 113 Å². The van der Waals surface area contributed by atoms with Crippen LogP contribution in [0, 0.1) is 5.92 Å². The highest BCUT2D eigenvalue weighted by molar-refractivity contribution is 4.82. The second-order valence-electron chi connectivity index (χ2n) is 5.98. The van der Waals surface area contributed by atoms with Crippen LogP contribution in [0.2, 0.25) is 0 Å². The number of nitrogens with one attached hydrogen (secondary N) is 1. The minimum atomic E-state index is -4.07. The van der Waals surface area contributed by atoms with E-state index in [1.54, 1.807) is 0 Å². The van der Waals surface area contributed by atoms with Crippen molar-refractivity contribution in [1.29, 1.82) is 0 Å². The summed E-state index contributed by atoms with van der Waals surface area (Å²) in [5, 5.41) is 3.50. The van der Waals surface area contributed by atoms with E-state index in [4.69, 9.17) is 0 Å². The van der Waals surface area contributed by atoms with Crippen LogP contribution < -0.4 is 5.32 Å². The Balaban J connectivity index is 1.59. The Morgan fingerprint density at radius 1 is 1.11 bits per heavy atom. The average Bonchev–Trinajstić information content (AvgIpc) is 3.11. The molecule has 0 aromatic heterocycles. The van der Waals surface area contributed by atoms with Gasteiger partial charge in [0, 0.05) is 38.8 Å². The molecule has 0 aromatic carbocycles. The first-order valence-corrected chi connectivity index (χ1v) is 7.17. The molecule has 1 aliphatic heterocycles. The third-order valence-corrected chi connectivity index (χ3v) is 3.77. The van der Waals surface area contributed by atoms with Crippen molar-refractivity contribution in [2.75, 3.05) is 45.8 Å². The summed E-state index contributed by atoms with van der Waals surface area (Å²) in [5.41, 5.74) is 0. The Morgan fingerprint density at radius 3 is 2.21 bits per heavy atom. The quantitative estimate of drug-likeness (QED) is 0.796. The van der Waals surface area contributed by atoms with Crippen molar-refractivity contribution in [2.24, 2.45) is 5.92 Å². The zero-order valence-electron chi connectivity index (χ0n) is 11.5. The normalized spacial score (nSPS) is 24.6. The van der Waals surface area contributed by atoms with Gasteiger partial charge in [0.05, 0.1) is 6.54 Å². The number of halogens is 3. The maximum absolute atomic E-state index is 12.3. The van der Waals surface area contributed by atoms with E-state index >= 15 is 0 Å². The van der Waals surface area contributed by atoms with Crippen LogP contribution in [-0.4, -0.2) is 67.8 Å². The van der Waals surface area contributed by atoms with Crippen LogP contribution >= 0.6 is 0 Å². The SMILES string of the molecule is CC(CNC1CC1)CN1CCN(CC(F)(F)F)CC1. The van der Waals surface area contributed by atoms with Gasteiger partial charge in [-0.05, 0) is 25.3 Å². The van der Waals surface area contributed by atoms with E-state index in [1.807, 2.05) is 0 Å². The van der Waals surface area contributed by atoms with E-state index in [1.165, 1.54) is 17.7 Å². The first-order chi connectivity index (χ1) is 8.92. The second kappa shape index (κ2) is 6.41. The van der Waals surface area contributed by atoms with Crippen LogP contribution in [-0.2, 0) is 0 Å². The van der Waals surface area contributed by atoms with Crippen LogP contribution in [0.25, 0.3) is 0 Å². The minimum Gasteiger partial charge on any atom is -0.314 e. The van der Waals surface area contributed by atoms with E-state index in [-0.39, 0.29) is 0 Å². The topological polar surface area (TPSA) is 18.5 Å². The Bertz CT molecular complexity index is 271. The Kier molecular flexibility index (Phi) is 5.09. The molecule has 1 aliphatic carbocycles. The monoisotopic (exact) mass is 279 g/mol. The van der Waals surface area contributed by atoms with Gasteiger partial charge in [0.1, 0.15) is 0 Å². The smallest absolute Gasteiger partial charge is 0.314 e. The van der Waals surface area contributed by atoms with Gasteiger partial charge in [0.25, 0.3) is 0 Å². The van der Waals surface area contributed by atoms with E-state index in [0.29, 0.717) is 19.0 Å². The fourth-order valence-corrected chi connectivity index (χ4v) is 2.54. The van der Waals surface area contributed by atoms with Crippen molar-refractivity contribution >= 4 is 0 Å². The molecule has 19 heavy (non-hydrogen) atoms. The first-order valence-electron chi connectivity index (χ1n) is 7.17. The molecular weight excluding hydrogens is 255 g/mol.